The lowest BCUT2D eigenvalue weighted by atomic mass is 10.3. The molecule has 1 heterocycles. The predicted molar refractivity (Wildman–Crippen MR) is 44.1 cm³/mol. The summed E-state index contributed by atoms with van der Waals surface area (Å²) >= 11 is 0. The maximum Gasteiger partial charge on any atom is 0.173 e. The number of hydrogen-bond donors (Lipinski definition) is 4. The van der Waals surface area contributed by atoms with Gasteiger partial charge in [0.05, 0.1) is 6.61 Å². The lowest BCUT2D eigenvalue weighted by Gasteiger charge is -1.98. The molecule has 0 spiro atoms. The molecule has 0 saturated carbocycles. The van der Waals surface area contributed by atoms with Crippen molar-refractivity contribution >= 4 is 5.84 Å². The lowest BCUT2D eigenvalue weighted by Crippen LogP contribution is -2.21. The molecule has 0 unspecified atom stereocenters. The molecule has 13 heavy (non-hydrogen) atoms. The highest BCUT2D eigenvalue weighted by Gasteiger charge is 2.11. The van der Waals surface area contributed by atoms with Crippen LogP contribution in [-0.2, 0) is 6.54 Å². The van der Waals surface area contributed by atoms with E-state index in [-0.39, 0.29) is 18.1 Å². The van der Waals surface area contributed by atoms with Crippen LogP contribution < -0.4 is 11.1 Å². The Labute approximate surface area is 74.4 Å². The van der Waals surface area contributed by atoms with Gasteiger partial charge in [-0.15, -0.1) is 0 Å². The summed E-state index contributed by atoms with van der Waals surface area (Å²) in [6.07, 6.45) is 0. The summed E-state index contributed by atoms with van der Waals surface area (Å²) in [6, 6.07) is 0. The molecule has 0 aliphatic heterocycles. The van der Waals surface area contributed by atoms with Crippen molar-refractivity contribution in [1.82, 2.24) is 15.6 Å². The minimum Gasteiger partial charge on any atom is -0.395 e. The van der Waals surface area contributed by atoms with E-state index < -0.39 is 0 Å². The normalized spacial score (nSPS) is 10.2. The van der Waals surface area contributed by atoms with Crippen molar-refractivity contribution in [2.45, 2.75) is 6.54 Å². The summed E-state index contributed by atoms with van der Waals surface area (Å²) in [6.45, 7) is 0.865. The molecule has 72 valence electrons. The molecule has 1 aromatic rings. The number of nitrogens with one attached hydrogen (secondary N) is 2. The van der Waals surface area contributed by atoms with Gasteiger partial charge in [0.1, 0.15) is 11.5 Å². The molecule has 0 radical (unpaired) electrons. The largest absolute Gasteiger partial charge is 0.395 e. The first-order valence-corrected chi connectivity index (χ1v) is 3.73. The minimum absolute atomic E-state index is 0.0423. The van der Waals surface area contributed by atoms with E-state index in [9.17, 15) is 0 Å². The summed E-state index contributed by atoms with van der Waals surface area (Å²) in [5.74, 6) is -0.179. The van der Waals surface area contributed by atoms with Crippen LogP contribution in [0, 0.1) is 5.41 Å². The number of aliphatic hydroxyl groups excluding tert-OH is 1. The molecular formula is C6H11N5O2. The summed E-state index contributed by atoms with van der Waals surface area (Å²) in [5.41, 5.74) is 5.92. The zero-order valence-electron chi connectivity index (χ0n) is 6.95. The van der Waals surface area contributed by atoms with Gasteiger partial charge in [0.2, 0.25) is 0 Å². The Morgan fingerprint density at radius 3 is 3.00 bits per heavy atom. The van der Waals surface area contributed by atoms with Crippen LogP contribution in [-0.4, -0.2) is 34.4 Å². The molecule has 0 saturated heterocycles. The van der Waals surface area contributed by atoms with Gasteiger partial charge in [-0.1, -0.05) is 5.16 Å². The second kappa shape index (κ2) is 4.53. The Hall–Kier alpha value is -1.47. The number of rotatable bonds is 5. The average molecular weight is 185 g/mol. The molecular weight excluding hydrogens is 174 g/mol. The molecule has 0 atom stereocenters. The van der Waals surface area contributed by atoms with Crippen molar-refractivity contribution < 1.29 is 9.74 Å². The fraction of sp³-hybridized carbons (Fsp3) is 0.500. The molecule has 7 nitrogen and oxygen atoms in total. The van der Waals surface area contributed by atoms with E-state index >= 15 is 0 Å². The van der Waals surface area contributed by atoms with Crippen LogP contribution in [0.5, 0.6) is 0 Å². The first-order chi connectivity index (χ1) is 6.25. The van der Waals surface area contributed by atoms with E-state index in [0.717, 1.165) is 0 Å². The quantitative estimate of drug-likeness (QED) is 0.250. The number of nitrogens with zero attached hydrogens (tertiary/aromatic N) is 2. The summed E-state index contributed by atoms with van der Waals surface area (Å²) < 4.78 is 4.41. The summed E-state index contributed by atoms with van der Waals surface area (Å²) in [4.78, 5) is 0. The SMILES string of the molecule is N=C(N)c1nonc1CNCCO. The van der Waals surface area contributed by atoms with Crippen molar-refractivity contribution in [3.8, 4) is 0 Å². The third-order valence-corrected chi connectivity index (χ3v) is 1.39. The fourth-order valence-corrected chi connectivity index (χ4v) is 0.813. The summed E-state index contributed by atoms with van der Waals surface area (Å²) in [5, 5.41) is 25.5. The van der Waals surface area contributed by atoms with Gasteiger partial charge in [-0.25, -0.2) is 4.63 Å². The zero-order chi connectivity index (χ0) is 9.68. The highest BCUT2D eigenvalue weighted by molar-refractivity contribution is 5.93. The molecule has 1 aromatic heterocycles. The van der Waals surface area contributed by atoms with Crippen molar-refractivity contribution in [2.75, 3.05) is 13.2 Å². The lowest BCUT2D eigenvalue weighted by molar-refractivity contribution is 0.287. The Bertz CT molecular complexity index is 284. The van der Waals surface area contributed by atoms with E-state index in [1.54, 1.807) is 0 Å². The van der Waals surface area contributed by atoms with E-state index in [1.165, 1.54) is 0 Å². The van der Waals surface area contributed by atoms with Gasteiger partial charge in [0, 0.05) is 13.1 Å². The Morgan fingerprint density at radius 1 is 1.62 bits per heavy atom. The molecule has 0 aliphatic rings. The van der Waals surface area contributed by atoms with E-state index in [2.05, 4.69) is 20.3 Å². The number of amidine groups is 1. The van der Waals surface area contributed by atoms with Gasteiger partial charge in [0.25, 0.3) is 0 Å². The fourth-order valence-electron chi connectivity index (χ4n) is 0.813. The van der Waals surface area contributed by atoms with Gasteiger partial charge in [0.15, 0.2) is 5.69 Å². The molecule has 7 heteroatoms. The topological polar surface area (TPSA) is 121 Å². The number of hydrogen-bond acceptors (Lipinski definition) is 6. The summed E-state index contributed by atoms with van der Waals surface area (Å²) in [7, 11) is 0. The molecule has 0 aromatic carbocycles. The standard InChI is InChI=1S/C6H11N5O2/c7-6(8)5-4(10-13-11-5)3-9-1-2-12/h9,12H,1-3H2,(H3,7,8). The highest BCUT2D eigenvalue weighted by Crippen LogP contribution is 2.00. The maximum atomic E-state index is 8.48. The van der Waals surface area contributed by atoms with E-state index in [1.807, 2.05) is 0 Å². The number of aromatic nitrogens is 2. The highest BCUT2D eigenvalue weighted by atomic mass is 16.6. The van der Waals surface area contributed by atoms with Crippen LogP contribution in [0.3, 0.4) is 0 Å². The van der Waals surface area contributed by atoms with Crippen molar-refractivity contribution in [3.05, 3.63) is 11.4 Å². The molecule has 0 fully saturated rings. The van der Waals surface area contributed by atoms with Gasteiger partial charge < -0.3 is 16.2 Å². The smallest absolute Gasteiger partial charge is 0.173 e. The van der Waals surface area contributed by atoms with Crippen LogP contribution in [0.25, 0.3) is 0 Å². The third kappa shape index (κ3) is 2.49. The van der Waals surface area contributed by atoms with E-state index in [4.69, 9.17) is 16.2 Å². The molecule has 0 bridgehead atoms. The van der Waals surface area contributed by atoms with Crippen LogP contribution in [0.15, 0.2) is 4.63 Å². The third-order valence-electron chi connectivity index (χ3n) is 1.39. The first-order valence-electron chi connectivity index (χ1n) is 3.73. The Balaban J connectivity index is 2.55. The molecule has 5 N–H and O–H groups in total. The van der Waals surface area contributed by atoms with Gasteiger partial charge in [-0.3, -0.25) is 5.41 Å². The minimum atomic E-state index is -0.179. The number of aliphatic hydroxyl groups is 1. The molecule has 0 amide bonds. The average Bonchev–Trinajstić information content (AvgIpc) is 2.53. The molecule has 0 aliphatic carbocycles. The van der Waals surface area contributed by atoms with Crippen LogP contribution in [0.2, 0.25) is 0 Å². The monoisotopic (exact) mass is 185 g/mol. The maximum absolute atomic E-state index is 8.48. The van der Waals surface area contributed by atoms with Crippen LogP contribution in [0.4, 0.5) is 0 Å². The predicted octanol–water partition coefficient (Wildman–Crippen LogP) is -1.56. The number of nitrogen functional groups attached to an aromatic ring is 1. The second-order valence-corrected chi connectivity index (χ2v) is 2.37. The van der Waals surface area contributed by atoms with Crippen molar-refractivity contribution in [1.29, 1.82) is 5.41 Å². The van der Waals surface area contributed by atoms with Gasteiger partial charge in [-0.2, -0.15) is 0 Å². The van der Waals surface area contributed by atoms with E-state index in [0.29, 0.717) is 18.8 Å². The first kappa shape index (κ1) is 9.62. The van der Waals surface area contributed by atoms with Gasteiger partial charge >= 0.3 is 0 Å². The van der Waals surface area contributed by atoms with Crippen molar-refractivity contribution in [2.24, 2.45) is 5.73 Å². The van der Waals surface area contributed by atoms with Crippen LogP contribution in [0.1, 0.15) is 11.4 Å². The van der Waals surface area contributed by atoms with Crippen molar-refractivity contribution in [3.63, 3.8) is 0 Å². The zero-order valence-corrected chi connectivity index (χ0v) is 6.95. The Morgan fingerprint density at radius 2 is 2.38 bits per heavy atom. The second-order valence-electron chi connectivity index (χ2n) is 2.37. The number of nitrogens with two attached hydrogens (primary N) is 1. The van der Waals surface area contributed by atoms with Gasteiger partial charge in [-0.05, 0) is 5.16 Å². The molecule has 1 rings (SSSR count). The van der Waals surface area contributed by atoms with Crippen LogP contribution >= 0.6 is 0 Å². The Kier molecular flexibility index (Phi) is 3.35.